The molecule has 0 aliphatic rings. The first-order valence-electron chi connectivity index (χ1n) is 16.3. The van der Waals surface area contributed by atoms with Crippen LogP contribution in [0, 0.1) is 0 Å². The highest BCUT2D eigenvalue weighted by Gasteiger charge is 2.60. The summed E-state index contributed by atoms with van der Waals surface area (Å²) < 4.78 is 74.8. The zero-order valence-electron chi connectivity index (χ0n) is 28.5. The van der Waals surface area contributed by atoms with Crippen LogP contribution < -0.4 is 13.3 Å². The molecule has 1 aromatic heterocycles. The normalized spacial score (nSPS) is 13.2. The fraction of sp³-hybridized carbons (Fsp3) is 0.297. The average molecular weight is 721 g/mol. The SMILES string of the molecule is CCC(Oc1cccc(CNCCC[N+](c2nc3ccccc3o2)(S(=O)(=O)c2ccccc2)S(=O)(=O)c2ccccc2)c1)C(=O)OC(C)(C)C. The Morgan fingerprint density at radius 1 is 0.840 bits per heavy atom. The third kappa shape index (κ3) is 7.76. The molecule has 1 heterocycles. The van der Waals surface area contributed by atoms with Gasteiger partial charge < -0.3 is 19.2 Å². The van der Waals surface area contributed by atoms with Gasteiger partial charge in [-0.25, -0.2) is 4.79 Å². The van der Waals surface area contributed by atoms with Crippen LogP contribution >= 0.6 is 0 Å². The molecule has 0 saturated heterocycles. The highest BCUT2D eigenvalue weighted by atomic mass is 32.3. The summed E-state index contributed by atoms with van der Waals surface area (Å²) >= 11 is 0. The van der Waals surface area contributed by atoms with Crippen LogP contribution in [0.2, 0.25) is 0 Å². The number of esters is 1. The van der Waals surface area contributed by atoms with Crippen molar-refractivity contribution >= 4 is 43.1 Å². The quantitative estimate of drug-likeness (QED) is 0.0715. The van der Waals surface area contributed by atoms with E-state index in [4.69, 9.17) is 13.9 Å². The van der Waals surface area contributed by atoms with Gasteiger partial charge in [-0.1, -0.05) is 67.6 Å². The van der Waals surface area contributed by atoms with Crippen molar-refractivity contribution in [3.05, 3.63) is 115 Å². The molecule has 5 rings (SSSR count). The molecule has 0 aliphatic heterocycles. The second-order valence-corrected chi connectivity index (χ2v) is 17.0. The Morgan fingerprint density at radius 2 is 1.44 bits per heavy atom. The number of carbonyl (C=O) groups is 1. The summed E-state index contributed by atoms with van der Waals surface area (Å²) in [7, 11) is -9.47. The van der Waals surface area contributed by atoms with Gasteiger partial charge in [-0.15, -0.1) is 0 Å². The molecule has 4 aromatic carbocycles. The summed E-state index contributed by atoms with van der Waals surface area (Å²) in [5.74, 6) is 0.0524. The number of quaternary nitrogens is 1. The first kappa shape index (κ1) is 36.7. The lowest BCUT2D eigenvalue weighted by Crippen LogP contribution is -2.59. The van der Waals surface area contributed by atoms with Crippen LogP contribution in [0.1, 0.15) is 46.1 Å². The van der Waals surface area contributed by atoms with Crippen LogP contribution in [0.5, 0.6) is 5.75 Å². The van der Waals surface area contributed by atoms with Gasteiger partial charge in [-0.2, -0.15) is 21.8 Å². The van der Waals surface area contributed by atoms with E-state index in [1.807, 2.05) is 19.1 Å². The molecular weight excluding hydrogens is 679 g/mol. The van der Waals surface area contributed by atoms with Crippen molar-refractivity contribution in [2.75, 3.05) is 13.1 Å². The number of nitrogens with zero attached hydrogens (tertiary/aromatic N) is 2. The minimum absolute atomic E-state index is 0.101. The number of carbonyl (C=O) groups excluding carboxylic acids is 1. The monoisotopic (exact) mass is 720 g/mol. The van der Waals surface area contributed by atoms with E-state index >= 15 is 0 Å². The molecule has 0 bridgehead atoms. The number of fused-ring (bicyclic) bond motifs is 1. The lowest BCUT2D eigenvalue weighted by atomic mass is 10.2. The van der Waals surface area contributed by atoms with E-state index in [2.05, 4.69) is 10.3 Å². The number of benzene rings is 4. The number of hydrogen-bond donors (Lipinski definition) is 1. The summed E-state index contributed by atoms with van der Waals surface area (Å²) in [5, 5.41) is 3.29. The molecule has 50 heavy (non-hydrogen) atoms. The Kier molecular flexibility index (Phi) is 11.1. The maximum Gasteiger partial charge on any atom is 0.437 e. The van der Waals surface area contributed by atoms with Crippen molar-refractivity contribution in [3.8, 4) is 5.75 Å². The molecule has 1 atom stereocenters. The molecule has 5 aromatic rings. The third-order valence-electron chi connectivity index (χ3n) is 7.79. The zero-order valence-corrected chi connectivity index (χ0v) is 30.1. The van der Waals surface area contributed by atoms with Gasteiger partial charge >= 0.3 is 32.0 Å². The van der Waals surface area contributed by atoms with Gasteiger partial charge in [0.05, 0.1) is 0 Å². The topological polar surface area (TPSA) is 142 Å². The molecule has 0 radical (unpaired) electrons. The van der Waals surface area contributed by atoms with Gasteiger partial charge in [0.2, 0.25) is 0 Å². The molecule has 264 valence electrons. The standard InChI is InChI=1S/C37H42N3O8S2/c1-5-33(35(41)48-37(2,3)4)46-29-17-14-16-28(26-29)27-38-24-15-25-40(49(42,43)30-18-8-6-9-19-30,50(44,45)31-20-10-7-11-21-31)36-39-32-22-12-13-23-34(32)47-36/h6-14,16-23,26,33,38H,5,15,24-25,27H2,1-4H3/q+1. The van der Waals surface area contributed by atoms with E-state index in [9.17, 15) is 21.6 Å². The maximum atomic E-state index is 14.7. The number of sulfonamides is 2. The first-order valence-corrected chi connectivity index (χ1v) is 19.2. The molecule has 0 fully saturated rings. The predicted molar refractivity (Wildman–Crippen MR) is 191 cm³/mol. The first-order chi connectivity index (χ1) is 23.8. The average Bonchev–Trinajstić information content (AvgIpc) is 3.53. The zero-order chi connectivity index (χ0) is 36.0. The number of ether oxygens (including phenoxy) is 2. The van der Waals surface area contributed by atoms with E-state index in [0.29, 0.717) is 24.2 Å². The van der Waals surface area contributed by atoms with Gasteiger partial charge in [0, 0.05) is 19.5 Å². The number of oxazole rings is 1. The van der Waals surface area contributed by atoms with Gasteiger partial charge in [-0.05, 0) is 84.6 Å². The van der Waals surface area contributed by atoms with Crippen molar-refractivity contribution in [1.29, 1.82) is 0 Å². The van der Waals surface area contributed by atoms with Crippen LogP contribution in [0.15, 0.2) is 123 Å². The molecule has 0 spiro atoms. The predicted octanol–water partition coefficient (Wildman–Crippen LogP) is 6.59. The molecule has 0 amide bonds. The van der Waals surface area contributed by atoms with Gasteiger partial charge in [0.25, 0.3) is 0 Å². The van der Waals surface area contributed by atoms with Crippen LogP contribution in [0.3, 0.4) is 0 Å². The molecule has 1 unspecified atom stereocenters. The van der Waals surface area contributed by atoms with Gasteiger partial charge in [0.1, 0.15) is 33.2 Å². The van der Waals surface area contributed by atoms with E-state index in [0.717, 1.165) is 5.56 Å². The van der Waals surface area contributed by atoms with Crippen molar-refractivity contribution in [1.82, 2.24) is 13.6 Å². The summed E-state index contributed by atoms with van der Waals surface area (Å²) in [4.78, 5) is 16.7. The largest absolute Gasteiger partial charge is 0.479 e. The van der Waals surface area contributed by atoms with Crippen molar-refractivity contribution in [3.63, 3.8) is 0 Å². The molecular formula is C37H42N3O8S2+. The van der Waals surface area contributed by atoms with Crippen LogP contribution in [0.25, 0.3) is 11.1 Å². The van der Waals surface area contributed by atoms with Crippen molar-refractivity contribution in [2.24, 2.45) is 0 Å². The lowest BCUT2D eigenvalue weighted by molar-refractivity contribution is -0.163. The second-order valence-electron chi connectivity index (χ2n) is 12.7. The number of nitrogens with one attached hydrogen (secondary N) is 1. The Labute approximate surface area is 293 Å². The molecule has 1 N–H and O–H groups in total. The fourth-order valence-corrected chi connectivity index (χ4v) is 9.95. The maximum absolute atomic E-state index is 14.7. The fourth-order valence-electron chi connectivity index (χ4n) is 5.41. The van der Waals surface area contributed by atoms with Crippen LogP contribution in [0.4, 0.5) is 6.01 Å². The smallest absolute Gasteiger partial charge is 0.437 e. The summed E-state index contributed by atoms with van der Waals surface area (Å²) in [6.45, 7) is 7.44. The minimum atomic E-state index is -4.74. The highest BCUT2D eigenvalue weighted by molar-refractivity contribution is 8.07. The number of hydrogen-bond acceptors (Lipinski definition) is 10. The Morgan fingerprint density at radius 3 is 2.02 bits per heavy atom. The molecule has 13 heteroatoms. The van der Waals surface area contributed by atoms with Crippen LogP contribution in [-0.2, 0) is 36.1 Å². The minimum Gasteiger partial charge on any atom is -0.479 e. The van der Waals surface area contributed by atoms with E-state index < -0.39 is 53.6 Å². The van der Waals surface area contributed by atoms with Crippen molar-refractivity contribution in [2.45, 2.75) is 68.6 Å². The number of rotatable bonds is 15. The van der Waals surface area contributed by atoms with Gasteiger partial charge in [0.15, 0.2) is 11.7 Å². The van der Waals surface area contributed by atoms with E-state index in [1.165, 1.54) is 24.3 Å². The lowest BCUT2D eigenvalue weighted by Gasteiger charge is -2.31. The van der Waals surface area contributed by atoms with Gasteiger partial charge in [-0.3, -0.25) is 0 Å². The third-order valence-corrected chi connectivity index (χ3v) is 12.9. The van der Waals surface area contributed by atoms with E-state index in [-0.39, 0.29) is 28.3 Å². The Balaban J connectivity index is 1.43. The summed E-state index contributed by atoms with van der Waals surface area (Å²) in [6, 6.07) is 28.4. The number of para-hydroxylation sites is 2. The summed E-state index contributed by atoms with van der Waals surface area (Å²) in [5.41, 5.74) is 0.787. The molecule has 0 aliphatic carbocycles. The van der Waals surface area contributed by atoms with Crippen molar-refractivity contribution < 1.29 is 35.5 Å². The Hall–Kier alpha value is -4.56. The molecule has 11 nitrogen and oxygen atoms in total. The summed E-state index contributed by atoms with van der Waals surface area (Å²) in [6.07, 6.45) is -0.243. The second kappa shape index (κ2) is 15.1. The molecule has 0 saturated carbocycles. The Bertz CT molecular complexity index is 2030. The van der Waals surface area contributed by atoms with E-state index in [1.54, 1.807) is 93.6 Å². The highest BCUT2D eigenvalue weighted by Crippen LogP contribution is 2.40. The van der Waals surface area contributed by atoms with Crippen LogP contribution in [-0.4, -0.2) is 52.6 Å². The number of aromatic nitrogens is 1.